The number of ether oxygens (including phenoxy) is 2. The van der Waals surface area contributed by atoms with Crippen LogP contribution in [0.15, 0.2) is 42.5 Å². The first-order valence-corrected chi connectivity index (χ1v) is 12.5. The predicted octanol–water partition coefficient (Wildman–Crippen LogP) is 4.58. The van der Waals surface area contributed by atoms with Crippen molar-refractivity contribution in [1.82, 2.24) is 0 Å². The van der Waals surface area contributed by atoms with Gasteiger partial charge in [0.05, 0.1) is 24.9 Å². The summed E-state index contributed by atoms with van der Waals surface area (Å²) in [7, 11) is 0. The molecule has 2 aliphatic carbocycles. The highest BCUT2D eigenvalue weighted by Crippen LogP contribution is 2.54. The molecule has 3 N–H and O–H groups in total. The van der Waals surface area contributed by atoms with Gasteiger partial charge in [0.15, 0.2) is 0 Å². The molecule has 178 valence electrons. The van der Waals surface area contributed by atoms with Crippen LogP contribution in [-0.2, 0) is 11.2 Å². The van der Waals surface area contributed by atoms with Crippen LogP contribution in [-0.4, -0.2) is 46.3 Å². The van der Waals surface area contributed by atoms with Crippen LogP contribution in [0.4, 0.5) is 0 Å². The van der Waals surface area contributed by atoms with Gasteiger partial charge in [0.25, 0.3) is 0 Å². The molecule has 1 heterocycles. The SMILES string of the molecule is OC[C@H]1O[C@H](c2ccc(Cl)c(Cc3ccc(OC4CC5(CCCC5)C4)cc3)c2)C[C@@H](O)[C@@H]1O. The summed E-state index contributed by atoms with van der Waals surface area (Å²) in [6.45, 7) is -0.342. The summed E-state index contributed by atoms with van der Waals surface area (Å²) in [5.74, 6) is 0.926. The zero-order chi connectivity index (χ0) is 23.0. The van der Waals surface area contributed by atoms with Gasteiger partial charge in [0.2, 0.25) is 0 Å². The summed E-state index contributed by atoms with van der Waals surface area (Å²) in [6.07, 6.45) is 5.96. The maximum Gasteiger partial charge on any atom is 0.119 e. The minimum atomic E-state index is -1.08. The van der Waals surface area contributed by atoms with E-state index in [2.05, 4.69) is 12.1 Å². The Labute approximate surface area is 200 Å². The molecule has 0 radical (unpaired) electrons. The highest BCUT2D eigenvalue weighted by Gasteiger charge is 2.46. The van der Waals surface area contributed by atoms with Crippen LogP contribution >= 0.6 is 11.6 Å². The largest absolute Gasteiger partial charge is 0.490 e. The highest BCUT2D eigenvalue weighted by atomic mass is 35.5. The van der Waals surface area contributed by atoms with Gasteiger partial charge in [-0.25, -0.2) is 0 Å². The van der Waals surface area contributed by atoms with E-state index in [-0.39, 0.29) is 13.0 Å². The zero-order valence-corrected chi connectivity index (χ0v) is 19.6. The molecule has 6 heteroatoms. The second kappa shape index (κ2) is 9.55. The first kappa shape index (κ1) is 23.1. The van der Waals surface area contributed by atoms with Gasteiger partial charge >= 0.3 is 0 Å². The molecule has 2 aromatic carbocycles. The molecule has 1 saturated heterocycles. The first-order valence-electron chi connectivity index (χ1n) is 12.1. The topological polar surface area (TPSA) is 79.2 Å². The second-order valence-electron chi connectivity index (χ2n) is 10.2. The second-order valence-corrected chi connectivity index (χ2v) is 10.6. The molecule has 3 aliphatic rings. The highest BCUT2D eigenvalue weighted by molar-refractivity contribution is 6.31. The third-order valence-corrected chi connectivity index (χ3v) is 8.17. The van der Waals surface area contributed by atoms with E-state index in [1.54, 1.807) is 0 Å². The molecular formula is C27H33ClO5. The van der Waals surface area contributed by atoms with Crippen molar-refractivity contribution in [3.63, 3.8) is 0 Å². The molecule has 33 heavy (non-hydrogen) atoms. The Morgan fingerprint density at radius 3 is 2.45 bits per heavy atom. The smallest absolute Gasteiger partial charge is 0.119 e. The summed E-state index contributed by atoms with van der Waals surface area (Å²) in [6, 6.07) is 14.0. The quantitative estimate of drug-likeness (QED) is 0.573. The molecular weight excluding hydrogens is 440 g/mol. The Balaban J connectivity index is 1.22. The number of rotatable bonds is 6. The lowest BCUT2D eigenvalue weighted by Gasteiger charge is -2.45. The van der Waals surface area contributed by atoms with E-state index in [1.165, 1.54) is 38.5 Å². The molecule has 1 aliphatic heterocycles. The van der Waals surface area contributed by atoms with Gasteiger partial charge in [-0.3, -0.25) is 0 Å². The summed E-state index contributed by atoms with van der Waals surface area (Å²) in [5, 5.41) is 30.3. The molecule has 0 bridgehead atoms. The van der Waals surface area contributed by atoms with Crippen LogP contribution in [0.1, 0.15) is 67.7 Å². The van der Waals surface area contributed by atoms with Crippen molar-refractivity contribution >= 4 is 11.6 Å². The van der Waals surface area contributed by atoms with Crippen molar-refractivity contribution in [1.29, 1.82) is 0 Å². The van der Waals surface area contributed by atoms with Crippen molar-refractivity contribution in [3.8, 4) is 5.75 Å². The van der Waals surface area contributed by atoms with Gasteiger partial charge in [-0.05, 0) is 72.4 Å². The van der Waals surface area contributed by atoms with E-state index in [1.807, 2.05) is 30.3 Å². The van der Waals surface area contributed by atoms with Crippen molar-refractivity contribution in [3.05, 3.63) is 64.2 Å². The summed E-state index contributed by atoms with van der Waals surface area (Å²) < 4.78 is 12.0. The number of aliphatic hydroxyl groups is 3. The number of hydrogen-bond donors (Lipinski definition) is 3. The van der Waals surface area contributed by atoms with Gasteiger partial charge < -0.3 is 24.8 Å². The number of halogens is 1. The van der Waals surface area contributed by atoms with Crippen LogP contribution in [0.2, 0.25) is 5.02 Å². The number of aliphatic hydroxyl groups excluding tert-OH is 3. The average Bonchev–Trinajstić information content (AvgIpc) is 3.28. The van der Waals surface area contributed by atoms with E-state index < -0.39 is 24.4 Å². The van der Waals surface area contributed by atoms with Crippen LogP contribution in [0, 0.1) is 5.41 Å². The maximum atomic E-state index is 10.2. The molecule has 5 rings (SSSR count). The maximum absolute atomic E-state index is 10.2. The normalized spacial score (nSPS) is 29.2. The first-order chi connectivity index (χ1) is 15.9. The number of benzene rings is 2. The van der Waals surface area contributed by atoms with E-state index in [4.69, 9.17) is 21.1 Å². The van der Waals surface area contributed by atoms with Gasteiger partial charge in [-0.15, -0.1) is 0 Å². The fourth-order valence-corrected chi connectivity index (χ4v) is 6.05. The summed E-state index contributed by atoms with van der Waals surface area (Å²) >= 11 is 6.48. The molecule has 5 nitrogen and oxygen atoms in total. The monoisotopic (exact) mass is 472 g/mol. The van der Waals surface area contributed by atoms with Gasteiger partial charge in [0, 0.05) is 11.4 Å². The molecule has 0 aromatic heterocycles. The number of hydrogen-bond acceptors (Lipinski definition) is 5. The summed E-state index contributed by atoms with van der Waals surface area (Å²) in [5.41, 5.74) is 3.56. The van der Waals surface area contributed by atoms with E-state index in [9.17, 15) is 15.3 Å². The van der Waals surface area contributed by atoms with Gasteiger partial charge in [-0.2, -0.15) is 0 Å². The van der Waals surface area contributed by atoms with Crippen LogP contribution in [0.25, 0.3) is 0 Å². The van der Waals surface area contributed by atoms with Crippen molar-refractivity contribution in [2.24, 2.45) is 5.41 Å². The minimum absolute atomic E-state index is 0.271. The van der Waals surface area contributed by atoms with Crippen LogP contribution < -0.4 is 4.74 Å². The Morgan fingerprint density at radius 1 is 1.03 bits per heavy atom. The fourth-order valence-electron chi connectivity index (χ4n) is 5.87. The third kappa shape index (κ3) is 4.94. The molecule has 4 atom stereocenters. The minimum Gasteiger partial charge on any atom is -0.490 e. The van der Waals surface area contributed by atoms with Crippen LogP contribution in [0.3, 0.4) is 0 Å². The average molecular weight is 473 g/mol. The molecule has 1 spiro atoms. The Kier molecular flexibility index (Phi) is 6.69. The lowest BCUT2D eigenvalue weighted by atomic mass is 9.65. The van der Waals surface area contributed by atoms with E-state index in [0.717, 1.165) is 22.4 Å². The van der Waals surface area contributed by atoms with E-state index >= 15 is 0 Å². The van der Waals surface area contributed by atoms with Crippen molar-refractivity contribution in [2.45, 2.75) is 81.9 Å². The zero-order valence-electron chi connectivity index (χ0n) is 18.8. The third-order valence-electron chi connectivity index (χ3n) is 7.80. The molecule has 3 fully saturated rings. The molecule has 0 amide bonds. The Morgan fingerprint density at radius 2 is 1.76 bits per heavy atom. The van der Waals surface area contributed by atoms with Gasteiger partial charge in [-0.1, -0.05) is 48.7 Å². The summed E-state index contributed by atoms with van der Waals surface area (Å²) in [4.78, 5) is 0. The Hall–Kier alpha value is -1.63. The molecule has 2 saturated carbocycles. The van der Waals surface area contributed by atoms with Crippen LogP contribution in [0.5, 0.6) is 5.75 Å². The fraction of sp³-hybridized carbons (Fsp3) is 0.556. The van der Waals surface area contributed by atoms with Gasteiger partial charge in [0.1, 0.15) is 18.0 Å². The molecule has 2 aromatic rings. The predicted molar refractivity (Wildman–Crippen MR) is 127 cm³/mol. The standard InChI is InChI=1S/C27H33ClO5/c28-22-8-5-18(24-13-23(30)26(31)25(16-29)33-24)12-19(22)11-17-3-6-20(7-4-17)32-21-14-27(15-21)9-1-2-10-27/h3-8,12,21,23-26,29-31H,1-2,9-11,13-16H2/t23-,24+,25-,26+/m1/s1. The van der Waals surface area contributed by atoms with Crippen molar-refractivity contribution in [2.75, 3.05) is 6.61 Å². The lowest BCUT2D eigenvalue weighted by Crippen LogP contribution is -2.47. The Bertz CT molecular complexity index is 947. The van der Waals surface area contributed by atoms with Crippen molar-refractivity contribution < 1.29 is 24.8 Å². The molecule has 0 unspecified atom stereocenters. The lowest BCUT2D eigenvalue weighted by molar-refractivity contribution is -0.181. The van der Waals surface area contributed by atoms with E-state index in [0.29, 0.717) is 23.0 Å².